The number of anilines is 1. The minimum absolute atomic E-state index is 0.362. The van der Waals surface area contributed by atoms with Crippen molar-refractivity contribution >= 4 is 35.4 Å². The second kappa shape index (κ2) is 10.4. The lowest BCUT2D eigenvalue weighted by Crippen LogP contribution is -2.45. The van der Waals surface area contributed by atoms with Gasteiger partial charge in [-0.15, -0.1) is 0 Å². The molecule has 0 bridgehead atoms. The van der Waals surface area contributed by atoms with Crippen molar-refractivity contribution in [2.24, 2.45) is 5.73 Å². The number of carbonyl (C=O) groups is 3. The molecular weight excluding hydrogens is 334 g/mol. The second-order valence-electron chi connectivity index (χ2n) is 4.73. The van der Waals surface area contributed by atoms with Crippen LogP contribution in [-0.2, 0) is 14.3 Å². The summed E-state index contributed by atoms with van der Waals surface area (Å²) in [7, 11) is 1.52. The highest BCUT2D eigenvalue weighted by Gasteiger charge is 2.21. The Morgan fingerprint density at radius 2 is 2.08 bits per heavy atom. The number of esters is 1. The minimum Gasteiger partial charge on any atom is -0.497 e. The molecule has 0 aromatic heterocycles. The number of nitrogens with two attached hydrogens (primary N) is 1. The van der Waals surface area contributed by atoms with E-state index in [0.717, 1.165) is 0 Å². The van der Waals surface area contributed by atoms with Gasteiger partial charge in [-0.3, -0.25) is 4.79 Å². The number of ether oxygens (including phenoxy) is 2. The van der Waals surface area contributed by atoms with Crippen molar-refractivity contribution in [1.82, 2.24) is 5.32 Å². The highest BCUT2D eigenvalue weighted by molar-refractivity contribution is 7.98. The van der Waals surface area contributed by atoms with Crippen LogP contribution < -0.4 is 21.1 Å². The molecule has 1 atom stereocenters. The molecule has 0 unspecified atom stereocenters. The van der Waals surface area contributed by atoms with Crippen molar-refractivity contribution in [2.45, 2.75) is 12.5 Å². The molecule has 0 spiro atoms. The van der Waals surface area contributed by atoms with Crippen LogP contribution in [0, 0.1) is 0 Å². The Balaban J connectivity index is 2.50. The number of methoxy groups -OCH3 is 1. The second-order valence-corrected chi connectivity index (χ2v) is 5.72. The number of carbonyl (C=O) groups excluding carboxylic acids is 3. The lowest BCUT2D eigenvalue weighted by molar-refractivity contribution is -0.149. The summed E-state index contributed by atoms with van der Waals surface area (Å²) in [5, 5.41) is 4.89. The lowest BCUT2D eigenvalue weighted by Gasteiger charge is -2.16. The monoisotopic (exact) mass is 355 g/mol. The summed E-state index contributed by atoms with van der Waals surface area (Å²) in [6.07, 6.45) is 2.23. The summed E-state index contributed by atoms with van der Waals surface area (Å²) < 4.78 is 9.98. The maximum atomic E-state index is 11.9. The van der Waals surface area contributed by atoms with Gasteiger partial charge in [0.1, 0.15) is 11.8 Å². The van der Waals surface area contributed by atoms with Crippen molar-refractivity contribution in [3.05, 3.63) is 24.3 Å². The first kappa shape index (κ1) is 19.6. The van der Waals surface area contributed by atoms with Gasteiger partial charge in [-0.2, -0.15) is 11.8 Å². The summed E-state index contributed by atoms with van der Waals surface area (Å²) in [5.41, 5.74) is 5.55. The Hall–Kier alpha value is -2.42. The zero-order chi connectivity index (χ0) is 17.9. The topological polar surface area (TPSA) is 120 Å². The lowest BCUT2D eigenvalue weighted by atomic mass is 10.2. The molecule has 0 saturated carbocycles. The first-order valence-corrected chi connectivity index (χ1v) is 8.51. The molecule has 1 rings (SSSR count). The number of nitrogens with one attached hydrogen (secondary N) is 2. The van der Waals surface area contributed by atoms with Gasteiger partial charge >= 0.3 is 12.0 Å². The minimum atomic E-state index is -0.875. The van der Waals surface area contributed by atoms with E-state index >= 15 is 0 Å². The summed E-state index contributed by atoms with van der Waals surface area (Å²) in [5.74, 6) is 0.0197. The predicted octanol–water partition coefficient (Wildman–Crippen LogP) is 0.967. The van der Waals surface area contributed by atoms with Gasteiger partial charge in [0.05, 0.1) is 7.11 Å². The molecule has 24 heavy (non-hydrogen) atoms. The third-order valence-corrected chi connectivity index (χ3v) is 3.55. The summed E-state index contributed by atoms with van der Waals surface area (Å²) in [6, 6.07) is 5.07. The molecule has 4 N–H and O–H groups in total. The van der Waals surface area contributed by atoms with Crippen LogP contribution in [0.2, 0.25) is 0 Å². The van der Waals surface area contributed by atoms with Crippen LogP contribution in [0.3, 0.4) is 0 Å². The molecule has 8 nitrogen and oxygen atoms in total. The molecule has 0 aliphatic heterocycles. The standard InChI is InChI=1S/C15H21N3O5S/c1-22-11-5-3-4-10(8-11)17-13(19)9-23-14(20)12(6-7-24-2)18-15(16)21/h3-5,8,12H,6-7,9H2,1-2H3,(H,17,19)(H3,16,18,21)/t12-/m1/s1. The fourth-order valence-electron chi connectivity index (χ4n) is 1.79. The van der Waals surface area contributed by atoms with E-state index in [4.69, 9.17) is 15.2 Å². The third-order valence-electron chi connectivity index (χ3n) is 2.91. The van der Waals surface area contributed by atoms with Gasteiger partial charge < -0.3 is 25.8 Å². The van der Waals surface area contributed by atoms with Crippen molar-refractivity contribution in [1.29, 1.82) is 0 Å². The summed E-state index contributed by atoms with van der Waals surface area (Å²) >= 11 is 1.51. The number of benzene rings is 1. The van der Waals surface area contributed by atoms with E-state index in [1.807, 2.05) is 6.26 Å². The zero-order valence-electron chi connectivity index (χ0n) is 13.5. The van der Waals surface area contributed by atoms with Crippen molar-refractivity contribution < 1.29 is 23.9 Å². The number of primary amides is 1. The average Bonchev–Trinajstić information content (AvgIpc) is 2.56. The Morgan fingerprint density at radius 3 is 2.71 bits per heavy atom. The molecule has 1 aromatic rings. The largest absolute Gasteiger partial charge is 0.497 e. The predicted molar refractivity (Wildman–Crippen MR) is 92.1 cm³/mol. The number of urea groups is 1. The van der Waals surface area contributed by atoms with Crippen LogP contribution in [0.5, 0.6) is 5.75 Å². The van der Waals surface area contributed by atoms with E-state index in [2.05, 4.69) is 10.6 Å². The molecule has 0 aliphatic carbocycles. The summed E-state index contributed by atoms with van der Waals surface area (Å²) in [6.45, 7) is -0.466. The van der Waals surface area contributed by atoms with Crippen molar-refractivity contribution in [3.63, 3.8) is 0 Å². The Kier molecular flexibility index (Phi) is 8.48. The van der Waals surface area contributed by atoms with Gasteiger partial charge in [-0.05, 0) is 30.6 Å². The zero-order valence-corrected chi connectivity index (χ0v) is 14.4. The SMILES string of the molecule is COc1cccc(NC(=O)COC(=O)[C@@H](CCSC)NC(N)=O)c1. The average molecular weight is 355 g/mol. The highest BCUT2D eigenvalue weighted by Crippen LogP contribution is 2.16. The fraction of sp³-hybridized carbons (Fsp3) is 0.400. The van der Waals surface area contributed by atoms with Gasteiger partial charge in [0.25, 0.3) is 5.91 Å². The Labute approximate surface area is 144 Å². The van der Waals surface area contributed by atoms with Crippen LogP contribution >= 0.6 is 11.8 Å². The number of amides is 3. The van der Waals surface area contributed by atoms with E-state index in [9.17, 15) is 14.4 Å². The van der Waals surface area contributed by atoms with Crippen LogP contribution in [-0.4, -0.2) is 49.7 Å². The third kappa shape index (κ3) is 7.23. The van der Waals surface area contributed by atoms with E-state index in [-0.39, 0.29) is 0 Å². The van der Waals surface area contributed by atoms with Gasteiger partial charge in [0.2, 0.25) is 0 Å². The Bertz CT molecular complexity index is 582. The number of hydrogen-bond donors (Lipinski definition) is 3. The van der Waals surface area contributed by atoms with E-state index in [1.54, 1.807) is 24.3 Å². The number of rotatable bonds is 9. The van der Waals surface area contributed by atoms with Gasteiger partial charge in [-0.25, -0.2) is 9.59 Å². The number of hydrogen-bond acceptors (Lipinski definition) is 6. The Morgan fingerprint density at radius 1 is 1.33 bits per heavy atom. The quantitative estimate of drug-likeness (QED) is 0.568. The maximum Gasteiger partial charge on any atom is 0.329 e. The van der Waals surface area contributed by atoms with E-state index in [0.29, 0.717) is 23.6 Å². The first-order chi connectivity index (χ1) is 11.5. The van der Waals surface area contributed by atoms with Crippen LogP contribution in [0.4, 0.5) is 10.5 Å². The van der Waals surface area contributed by atoms with E-state index < -0.39 is 30.6 Å². The first-order valence-electron chi connectivity index (χ1n) is 7.11. The van der Waals surface area contributed by atoms with Crippen LogP contribution in [0.25, 0.3) is 0 Å². The molecular formula is C15H21N3O5S. The van der Waals surface area contributed by atoms with Crippen LogP contribution in [0.1, 0.15) is 6.42 Å². The van der Waals surface area contributed by atoms with Gasteiger partial charge in [0.15, 0.2) is 6.61 Å². The molecule has 3 amide bonds. The fourth-order valence-corrected chi connectivity index (χ4v) is 2.26. The van der Waals surface area contributed by atoms with E-state index in [1.165, 1.54) is 18.9 Å². The number of thioether (sulfide) groups is 1. The summed E-state index contributed by atoms with van der Waals surface area (Å²) in [4.78, 5) is 34.7. The van der Waals surface area contributed by atoms with Crippen LogP contribution in [0.15, 0.2) is 24.3 Å². The smallest absolute Gasteiger partial charge is 0.329 e. The van der Waals surface area contributed by atoms with Gasteiger partial charge in [0, 0.05) is 11.8 Å². The molecule has 0 heterocycles. The van der Waals surface area contributed by atoms with Crippen molar-refractivity contribution in [2.75, 3.05) is 31.0 Å². The normalized spacial score (nSPS) is 11.2. The molecule has 9 heteroatoms. The molecule has 1 aromatic carbocycles. The maximum absolute atomic E-state index is 11.9. The molecule has 0 fully saturated rings. The highest BCUT2D eigenvalue weighted by atomic mass is 32.2. The molecule has 0 aliphatic rings. The molecule has 0 radical (unpaired) electrons. The molecule has 132 valence electrons. The van der Waals surface area contributed by atoms with Crippen molar-refractivity contribution in [3.8, 4) is 5.75 Å². The molecule has 0 saturated heterocycles. The van der Waals surface area contributed by atoms with Gasteiger partial charge in [-0.1, -0.05) is 6.07 Å².